The Hall–Kier alpha value is -3.00. The molecule has 0 saturated heterocycles. The maximum Gasteiger partial charge on any atom is 0.343 e. The fraction of sp³-hybridized carbons (Fsp3) is 0.125. The molecule has 3 rings (SSSR count). The summed E-state index contributed by atoms with van der Waals surface area (Å²) in [4.78, 5) is 12.2. The average molecular weight is 280 g/mol. The van der Waals surface area contributed by atoms with Gasteiger partial charge in [-0.2, -0.15) is 5.26 Å². The van der Waals surface area contributed by atoms with E-state index in [1.54, 1.807) is 13.0 Å². The second-order valence-corrected chi connectivity index (χ2v) is 4.76. The van der Waals surface area contributed by atoms with Crippen LogP contribution in [0.25, 0.3) is 0 Å². The van der Waals surface area contributed by atoms with Crippen molar-refractivity contribution < 1.29 is 9.15 Å². The predicted octanol–water partition coefficient (Wildman–Crippen LogP) is 2.17. The Bertz CT molecular complexity index is 829. The van der Waals surface area contributed by atoms with E-state index in [1.165, 1.54) is 0 Å². The second kappa shape index (κ2) is 4.84. The molecule has 1 aliphatic heterocycles. The monoisotopic (exact) mass is 280 g/mol. The van der Waals surface area contributed by atoms with Gasteiger partial charge in [-0.15, -0.1) is 0 Å². The van der Waals surface area contributed by atoms with E-state index >= 15 is 0 Å². The first kappa shape index (κ1) is 13.0. The van der Waals surface area contributed by atoms with Crippen molar-refractivity contribution in [3.05, 3.63) is 75.2 Å². The summed E-state index contributed by atoms with van der Waals surface area (Å²) < 4.78 is 10.6. The van der Waals surface area contributed by atoms with Crippen LogP contribution in [-0.2, 0) is 0 Å². The quantitative estimate of drug-likeness (QED) is 0.864. The summed E-state index contributed by atoms with van der Waals surface area (Å²) in [5.74, 6) is 0.216. The Morgan fingerprint density at radius 1 is 1.29 bits per heavy atom. The topological polar surface area (TPSA) is 89.2 Å². The summed E-state index contributed by atoms with van der Waals surface area (Å²) in [6, 6.07) is 12.9. The number of nitriles is 1. The molecule has 2 aromatic rings. The molecule has 0 fully saturated rings. The maximum absolute atomic E-state index is 12.2. The van der Waals surface area contributed by atoms with Gasteiger partial charge in [0.15, 0.2) is 0 Å². The average Bonchev–Trinajstić information content (AvgIpc) is 2.46. The zero-order valence-electron chi connectivity index (χ0n) is 11.3. The zero-order chi connectivity index (χ0) is 15.0. The van der Waals surface area contributed by atoms with Gasteiger partial charge in [-0.3, -0.25) is 0 Å². The highest BCUT2D eigenvalue weighted by atomic mass is 16.5. The minimum atomic E-state index is -0.572. The van der Waals surface area contributed by atoms with Crippen LogP contribution in [0.4, 0.5) is 0 Å². The Kier molecular flexibility index (Phi) is 2.99. The molecule has 1 aromatic carbocycles. The first-order valence-electron chi connectivity index (χ1n) is 6.39. The third-order valence-electron chi connectivity index (χ3n) is 3.39. The van der Waals surface area contributed by atoms with E-state index in [9.17, 15) is 10.1 Å². The molecule has 0 amide bonds. The van der Waals surface area contributed by atoms with Gasteiger partial charge in [-0.1, -0.05) is 30.3 Å². The van der Waals surface area contributed by atoms with E-state index in [0.29, 0.717) is 17.1 Å². The molecule has 1 aliphatic rings. The molecule has 2 N–H and O–H groups in total. The highest BCUT2D eigenvalue weighted by Crippen LogP contribution is 2.40. The molecule has 2 heterocycles. The number of nitrogens with zero attached hydrogens (tertiary/aromatic N) is 1. The SMILES string of the molecule is Cc1cc2c(c(=O)o1)[C@H](c1ccccc1)C(C#N)=C(N)O2. The van der Waals surface area contributed by atoms with Crippen LogP contribution in [0.15, 0.2) is 57.1 Å². The number of benzene rings is 1. The number of nitrogens with two attached hydrogens (primary N) is 1. The summed E-state index contributed by atoms with van der Waals surface area (Å²) in [6.07, 6.45) is 0. The van der Waals surface area contributed by atoms with Gasteiger partial charge in [-0.25, -0.2) is 4.79 Å². The third kappa shape index (κ3) is 2.07. The lowest BCUT2D eigenvalue weighted by Crippen LogP contribution is -2.26. The van der Waals surface area contributed by atoms with Gasteiger partial charge in [0.1, 0.15) is 23.2 Å². The van der Waals surface area contributed by atoms with Crippen molar-refractivity contribution >= 4 is 0 Å². The van der Waals surface area contributed by atoms with Crippen molar-refractivity contribution in [3.8, 4) is 11.8 Å². The van der Waals surface area contributed by atoms with Crippen LogP contribution in [0.1, 0.15) is 22.8 Å². The van der Waals surface area contributed by atoms with Crippen LogP contribution in [-0.4, -0.2) is 0 Å². The highest BCUT2D eigenvalue weighted by Gasteiger charge is 2.33. The molecule has 0 radical (unpaired) electrons. The van der Waals surface area contributed by atoms with Crippen LogP contribution >= 0.6 is 0 Å². The number of allylic oxidation sites excluding steroid dienone is 1. The lowest BCUT2D eigenvalue weighted by molar-refractivity contribution is 0.371. The molecule has 0 saturated carbocycles. The van der Waals surface area contributed by atoms with Crippen molar-refractivity contribution in [1.29, 1.82) is 5.26 Å². The van der Waals surface area contributed by atoms with Gasteiger partial charge in [0.2, 0.25) is 5.88 Å². The molecule has 0 unspecified atom stereocenters. The minimum Gasteiger partial charge on any atom is -0.440 e. The molecule has 0 aliphatic carbocycles. The number of rotatable bonds is 1. The Morgan fingerprint density at radius 3 is 2.67 bits per heavy atom. The molecular weight excluding hydrogens is 268 g/mol. The number of fused-ring (bicyclic) bond motifs is 1. The van der Waals surface area contributed by atoms with Crippen molar-refractivity contribution in [1.82, 2.24) is 0 Å². The smallest absolute Gasteiger partial charge is 0.343 e. The summed E-state index contributed by atoms with van der Waals surface area (Å²) in [6.45, 7) is 1.66. The standard InChI is InChI=1S/C16H12N2O3/c1-9-7-12-14(16(19)20-9)13(10-5-3-2-4-6-10)11(8-17)15(18)21-12/h2-7,13H,18H2,1H3/t13-/m1/s1. The molecule has 0 bridgehead atoms. The lowest BCUT2D eigenvalue weighted by Gasteiger charge is -2.25. The number of ether oxygens (including phenoxy) is 1. The van der Waals surface area contributed by atoms with Crippen molar-refractivity contribution in [2.45, 2.75) is 12.8 Å². The molecule has 104 valence electrons. The van der Waals surface area contributed by atoms with E-state index in [2.05, 4.69) is 0 Å². The Labute approximate surface area is 120 Å². The highest BCUT2D eigenvalue weighted by molar-refractivity contribution is 5.54. The van der Waals surface area contributed by atoms with Crippen molar-refractivity contribution in [3.63, 3.8) is 0 Å². The summed E-state index contributed by atoms with van der Waals surface area (Å²) in [5.41, 5.74) is 6.63. The van der Waals surface area contributed by atoms with E-state index in [0.717, 1.165) is 5.56 Å². The first-order valence-corrected chi connectivity index (χ1v) is 6.39. The first-order chi connectivity index (χ1) is 10.1. The summed E-state index contributed by atoms with van der Waals surface area (Å²) in [7, 11) is 0. The summed E-state index contributed by atoms with van der Waals surface area (Å²) in [5, 5.41) is 9.36. The molecule has 1 atom stereocenters. The maximum atomic E-state index is 12.2. The van der Waals surface area contributed by atoms with Crippen molar-refractivity contribution in [2.24, 2.45) is 5.73 Å². The number of hydrogen-bond donors (Lipinski definition) is 1. The van der Waals surface area contributed by atoms with Crippen molar-refractivity contribution in [2.75, 3.05) is 0 Å². The molecule has 1 aromatic heterocycles. The Balaban J connectivity index is 2.32. The van der Waals surface area contributed by atoms with Crippen LogP contribution in [0, 0.1) is 18.3 Å². The van der Waals surface area contributed by atoms with Gasteiger partial charge >= 0.3 is 5.63 Å². The Morgan fingerprint density at radius 2 is 2.00 bits per heavy atom. The van der Waals surface area contributed by atoms with Crippen LogP contribution in [0.5, 0.6) is 5.75 Å². The van der Waals surface area contributed by atoms with Crippen LogP contribution in [0.2, 0.25) is 0 Å². The van der Waals surface area contributed by atoms with Gasteiger partial charge < -0.3 is 14.9 Å². The lowest BCUT2D eigenvalue weighted by atomic mass is 9.84. The molecule has 0 spiro atoms. The molecule has 5 heteroatoms. The van der Waals surface area contributed by atoms with E-state index < -0.39 is 11.5 Å². The predicted molar refractivity (Wildman–Crippen MR) is 75.5 cm³/mol. The third-order valence-corrected chi connectivity index (χ3v) is 3.39. The zero-order valence-corrected chi connectivity index (χ0v) is 11.3. The molecular formula is C16H12N2O3. The molecule has 5 nitrogen and oxygen atoms in total. The van der Waals surface area contributed by atoms with E-state index in [-0.39, 0.29) is 11.5 Å². The van der Waals surface area contributed by atoms with E-state index in [1.807, 2.05) is 36.4 Å². The van der Waals surface area contributed by atoms with Gasteiger partial charge in [0, 0.05) is 6.07 Å². The number of aryl methyl sites for hydroxylation is 1. The van der Waals surface area contributed by atoms with Gasteiger partial charge in [0.25, 0.3) is 0 Å². The second-order valence-electron chi connectivity index (χ2n) is 4.76. The van der Waals surface area contributed by atoms with Crippen LogP contribution < -0.4 is 16.1 Å². The number of hydrogen-bond acceptors (Lipinski definition) is 5. The largest absolute Gasteiger partial charge is 0.440 e. The molecule has 21 heavy (non-hydrogen) atoms. The van der Waals surface area contributed by atoms with Gasteiger partial charge in [-0.05, 0) is 12.5 Å². The fourth-order valence-electron chi connectivity index (χ4n) is 2.50. The van der Waals surface area contributed by atoms with E-state index in [4.69, 9.17) is 14.9 Å². The minimum absolute atomic E-state index is 0.0175. The normalized spacial score (nSPS) is 16.9. The van der Waals surface area contributed by atoms with Crippen LogP contribution in [0.3, 0.4) is 0 Å². The van der Waals surface area contributed by atoms with Gasteiger partial charge in [0.05, 0.1) is 11.5 Å². The summed E-state index contributed by atoms with van der Waals surface area (Å²) >= 11 is 0. The fourth-order valence-corrected chi connectivity index (χ4v) is 2.50.